The Hall–Kier alpha value is -2.88. The van der Waals surface area contributed by atoms with Gasteiger partial charge in [0, 0.05) is 11.6 Å². The van der Waals surface area contributed by atoms with Gasteiger partial charge in [-0.15, -0.1) is 0 Å². The number of esters is 1. The molecule has 116 valence electrons. The number of rotatable bonds is 5. The first-order chi connectivity index (χ1) is 11.3. The zero-order valence-electron chi connectivity index (χ0n) is 12.9. The first-order valence-corrected chi connectivity index (χ1v) is 7.56. The zero-order valence-corrected chi connectivity index (χ0v) is 12.9. The van der Waals surface area contributed by atoms with Crippen molar-refractivity contribution in [3.63, 3.8) is 0 Å². The number of hydrogen-bond acceptors (Lipinski definition) is 4. The van der Waals surface area contributed by atoms with Crippen LogP contribution in [-0.4, -0.2) is 17.6 Å². The Bertz CT molecular complexity index is 807. The lowest BCUT2D eigenvalue weighted by molar-refractivity contribution is 0.0736. The van der Waals surface area contributed by atoms with Gasteiger partial charge in [0.15, 0.2) is 0 Å². The maximum Gasteiger partial charge on any atom is 0.344 e. The molecule has 0 fully saturated rings. The molecule has 0 saturated carbocycles. The Balaban J connectivity index is 1.78. The van der Waals surface area contributed by atoms with E-state index in [1.165, 1.54) is 0 Å². The van der Waals surface area contributed by atoms with Crippen LogP contribution in [0.3, 0.4) is 0 Å². The molecular formula is C19H17NO3. The normalized spacial score (nSPS) is 10.5. The molecule has 3 rings (SSSR count). The van der Waals surface area contributed by atoms with Gasteiger partial charge in [-0.1, -0.05) is 19.1 Å². The highest BCUT2D eigenvalue weighted by atomic mass is 16.5. The molecule has 0 N–H and O–H groups in total. The molecule has 4 heteroatoms. The smallest absolute Gasteiger partial charge is 0.344 e. The van der Waals surface area contributed by atoms with E-state index in [4.69, 9.17) is 9.47 Å². The molecule has 1 aromatic heterocycles. The molecule has 2 aromatic carbocycles. The summed E-state index contributed by atoms with van der Waals surface area (Å²) >= 11 is 0. The summed E-state index contributed by atoms with van der Waals surface area (Å²) in [6, 6.07) is 16.1. The largest absolute Gasteiger partial charge is 0.494 e. The Morgan fingerprint density at radius 2 is 1.78 bits per heavy atom. The molecule has 23 heavy (non-hydrogen) atoms. The number of fused-ring (bicyclic) bond motifs is 1. The Morgan fingerprint density at radius 1 is 1.00 bits per heavy atom. The standard InChI is InChI=1S/C19H17NO3/c1-2-13-22-14-8-10-15(11-9-14)23-19(21)17-5-3-7-18-16(17)6-4-12-20-18/h3-12H,2,13H2,1H3. The fourth-order valence-electron chi connectivity index (χ4n) is 2.27. The number of benzene rings is 2. The molecular weight excluding hydrogens is 290 g/mol. The maximum absolute atomic E-state index is 12.4. The molecule has 0 aliphatic carbocycles. The highest BCUT2D eigenvalue weighted by Gasteiger charge is 2.12. The summed E-state index contributed by atoms with van der Waals surface area (Å²) in [5, 5.41) is 0.780. The fourth-order valence-corrected chi connectivity index (χ4v) is 2.27. The molecule has 0 unspecified atom stereocenters. The third-order valence-corrected chi connectivity index (χ3v) is 3.37. The van der Waals surface area contributed by atoms with Crippen LogP contribution in [-0.2, 0) is 0 Å². The summed E-state index contributed by atoms with van der Waals surface area (Å²) in [6.45, 7) is 2.72. The van der Waals surface area contributed by atoms with E-state index in [0.717, 1.165) is 23.1 Å². The quantitative estimate of drug-likeness (QED) is 0.522. The van der Waals surface area contributed by atoms with Gasteiger partial charge in [0.1, 0.15) is 11.5 Å². The Morgan fingerprint density at radius 3 is 2.57 bits per heavy atom. The van der Waals surface area contributed by atoms with Gasteiger partial charge in [-0.05, 0) is 48.9 Å². The van der Waals surface area contributed by atoms with Crippen molar-refractivity contribution in [2.24, 2.45) is 0 Å². The van der Waals surface area contributed by atoms with E-state index in [1.54, 1.807) is 48.7 Å². The van der Waals surface area contributed by atoms with Gasteiger partial charge < -0.3 is 9.47 Å². The van der Waals surface area contributed by atoms with E-state index >= 15 is 0 Å². The summed E-state index contributed by atoms with van der Waals surface area (Å²) in [4.78, 5) is 16.7. The molecule has 0 saturated heterocycles. The SMILES string of the molecule is CCCOc1ccc(OC(=O)c2cccc3ncccc23)cc1. The minimum absolute atomic E-state index is 0.397. The lowest BCUT2D eigenvalue weighted by atomic mass is 10.1. The summed E-state index contributed by atoms with van der Waals surface area (Å²) < 4.78 is 11.0. The van der Waals surface area contributed by atoms with Crippen LogP contribution in [0.4, 0.5) is 0 Å². The van der Waals surface area contributed by atoms with Crippen LogP contribution in [0.25, 0.3) is 10.9 Å². The second-order valence-electron chi connectivity index (χ2n) is 5.09. The van der Waals surface area contributed by atoms with Gasteiger partial charge in [-0.25, -0.2) is 4.79 Å². The van der Waals surface area contributed by atoms with E-state index in [0.29, 0.717) is 17.9 Å². The zero-order chi connectivity index (χ0) is 16.1. The van der Waals surface area contributed by atoms with Crippen molar-refractivity contribution in [2.45, 2.75) is 13.3 Å². The third-order valence-electron chi connectivity index (χ3n) is 3.37. The molecule has 0 bridgehead atoms. The highest BCUT2D eigenvalue weighted by Crippen LogP contribution is 2.21. The van der Waals surface area contributed by atoms with Crippen molar-refractivity contribution in [1.82, 2.24) is 4.98 Å². The van der Waals surface area contributed by atoms with Crippen molar-refractivity contribution < 1.29 is 14.3 Å². The average Bonchev–Trinajstić information content (AvgIpc) is 2.60. The van der Waals surface area contributed by atoms with Gasteiger partial charge in [0.2, 0.25) is 0 Å². The van der Waals surface area contributed by atoms with Crippen LogP contribution < -0.4 is 9.47 Å². The van der Waals surface area contributed by atoms with E-state index in [2.05, 4.69) is 11.9 Å². The van der Waals surface area contributed by atoms with Crippen molar-refractivity contribution in [1.29, 1.82) is 0 Å². The minimum Gasteiger partial charge on any atom is -0.494 e. The van der Waals surface area contributed by atoms with Crippen molar-refractivity contribution in [3.05, 3.63) is 66.4 Å². The number of carbonyl (C=O) groups is 1. The molecule has 0 atom stereocenters. The van der Waals surface area contributed by atoms with E-state index in [9.17, 15) is 4.79 Å². The highest BCUT2D eigenvalue weighted by molar-refractivity contribution is 6.04. The number of aromatic nitrogens is 1. The summed E-state index contributed by atoms with van der Waals surface area (Å²) in [5.74, 6) is 0.853. The third kappa shape index (κ3) is 3.48. The first kappa shape index (κ1) is 15.0. The van der Waals surface area contributed by atoms with Crippen LogP contribution in [0.2, 0.25) is 0 Å². The predicted molar refractivity (Wildman–Crippen MR) is 88.9 cm³/mol. The molecule has 0 amide bonds. The summed E-state index contributed by atoms with van der Waals surface area (Å²) in [6.07, 6.45) is 2.65. The fraction of sp³-hybridized carbons (Fsp3) is 0.158. The lowest BCUT2D eigenvalue weighted by Crippen LogP contribution is -2.09. The molecule has 0 spiro atoms. The van der Waals surface area contributed by atoms with E-state index < -0.39 is 5.97 Å². The number of pyridine rings is 1. The molecule has 1 heterocycles. The Kier molecular flexibility index (Phi) is 4.52. The second kappa shape index (κ2) is 6.92. The first-order valence-electron chi connectivity index (χ1n) is 7.56. The van der Waals surface area contributed by atoms with Gasteiger partial charge >= 0.3 is 5.97 Å². The van der Waals surface area contributed by atoms with Crippen LogP contribution in [0.15, 0.2) is 60.8 Å². The minimum atomic E-state index is -0.397. The number of nitrogens with zero attached hydrogens (tertiary/aromatic N) is 1. The molecule has 4 nitrogen and oxygen atoms in total. The summed E-state index contributed by atoms with van der Waals surface area (Å²) in [5.41, 5.74) is 1.27. The maximum atomic E-state index is 12.4. The van der Waals surface area contributed by atoms with Gasteiger partial charge in [-0.3, -0.25) is 4.98 Å². The molecule has 0 radical (unpaired) electrons. The van der Waals surface area contributed by atoms with Gasteiger partial charge in [-0.2, -0.15) is 0 Å². The molecule has 0 aliphatic rings. The van der Waals surface area contributed by atoms with Crippen LogP contribution in [0, 0.1) is 0 Å². The lowest BCUT2D eigenvalue weighted by Gasteiger charge is -2.08. The molecule has 3 aromatic rings. The predicted octanol–water partition coefficient (Wildman–Crippen LogP) is 4.24. The van der Waals surface area contributed by atoms with Crippen LogP contribution in [0.5, 0.6) is 11.5 Å². The van der Waals surface area contributed by atoms with Gasteiger partial charge in [0.05, 0.1) is 17.7 Å². The van der Waals surface area contributed by atoms with Crippen molar-refractivity contribution in [2.75, 3.05) is 6.61 Å². The van der Waals surface area contributed by atoms with E-state index in [-0.39, 0.29) is 0 Å². The monoisotopic (exact) mass is 307 g/mol. The van der Waals surface area contributed by atoms with E-state index in [1.807, 2.05) is 12.1 Å². The van der Waals surface area contributed by atoms with Crippen molar-refractivity contribution in [3.8, 4) is 11.5 Å². The average molecular weight is 307 g/mol. The number of hydrogen-bond donors (Lipinski definition) is 0. The van der Waals surface area contributed by atoms with Crippen LogP contribution in [0.1, 0.15) is 23.7 Å². The molecule has 0 aliphatic heterocycles. The topological polar surface area (TPSA) is 48.4 Å². The summed E-state index contributed by atoms with van der Waals surface area (Å²) in [7, 11) is 0. The second-order valence-corrected chi connectivity index (χ2v) is 5.09. The van der Waals surface area contributed by atoms with Gasteiger partial charge in [0.25, 0.3) is 0 Å². The number of carbonyl (C=O) groups excluding carboxylic acids is 1. The Labute approximate surface area is 134 Å². The number of ether oxygens (including phenoxy) is 2. The van der Waals surface area contributed by atoms with Crippen molar-refractivity contribution >= 4 is 16.9 Å². The van der Waals surface area contributed by atoms with Crippen LogP contribution >= 0.6 is 0 Å².